The lowest BCUT2D eigenvalue weighted by Crippen LogP contribution is -2.41. The number of carbonyl (C=O) groups is 1. The molecule has 0 aromatic heterocycles. The van der Waals surface area contributed by atoms with Gasteiger partial charge in [-0.15, -0.1) is 6.42 Å². The standard InChI is InChI=1S/C26H28O/c1-3-26(19-8-5-4-6-9-19)17-22-18(16-24(26)27)11-12-21-20(22)13-15-25(2)14-7-10-23(21)25/h1,4-6,8-9,16,21,23H,7,10-15,17H2,2H3/t21-,23+,25-,26?/m1/s1. The van der Waals surface area contributed by atoms with E-state index in [4.69, 9.17) is 6.42 Å². The third kappa shape index (κ3) is 2.35. The SMILES string of the molecule is C#CC1(c2ccccc2)CC2=C3CC[C@@]4(C)CCC[C@H]4[C@@H]3CCC2=CC1=O. The third-order valence-electron chi connectivity index (χ3n) is 8.24. The summed E-state index contributed by atoms with van der Waals surface area (Å²) in [4.78, 5) is 13.2. The Kier molecular flexibility index (Phi) is 3.77. The van der Waals surface area contributed by atoms with Gasteiger partial charge < -0.3 is 0 Å². The van der Waals surface area contributed by atoms with E-state index in [-0.39, 0.29) is 5.78 Å². The molecular formula is C26H28O. The number of fused-ring (bicyclic) bond motifs is 4. The van der Waals surface area contributed by atoms with Gasteiger partial charge in [0.05, 0.1) is 0 Å². The van der Waals surface area contributed by atoms with Gasteiger partial charge in [-0.25, -0.2) is 0 Å². The smallest absolute Gasteiger partial charge is 0.178 e. The van der Waals surface area contributed by atoms with E-state index in [0.717, 1.165) is 23.8 Å². The quantitative estimate of drug-likeness (QED) is 0.584. The predicted molar refractivity (Wildman–Crippen MR) is 109 cm³/mol. The first-order valence-corrected chi connectivity index (χ1v) is 10.6. The summed E-state index contributed by atoms with van der Waals surface area (Å²) in [5.74, 6) is 4.60. The number of ketones is 1. The van der Waals surface area contributed by atoms with Crippen LogP contribution in [0.2, 0.25) is 0 Å². The Balaban J connectivity index is 1.62. The Hall–Kier alpha value is -2.07. The molecule has 0 heterocycles. The van der Waals surface area contributed by atoms with E-state index in [2.05, 4.69) is 12.8 Å². The minimum atomic E-state index is -0.814. The molecule has 5 rings (SSSR count). The van der Waals surface area contributed by atoms with Crippen LogP contribution in [0.3, 0.4) is 0 Å². The molecule has 2 saturated carbocycles. The molecule has 0 amide bonds. The number of allylic oxidation sites excluding steroid dienone is 4. The third-order valence-corrected chi connectivity index (χ3v) is 8.24. The van der Waals surface area contributed by atoms with Crippen molar-refractivity contribution in [3.8, 4) is 12.3 Å². The molecule has 4 aliphatic rings. The lowest BCUT2D eigenvalue weighted by atomic mass is 9.56. The molecule has 0 aliphatic heterocycles. The summed E-state index contributed by atoms with van der Waals surface area (Å²) in [6, 6.07) is 10.0. The van der Waals surface area contributed by atoms with Gasteiger partial charge in [-0.2, -0.15) is 0 Å². The normalized spacial score (nSPS) is 37.8. The van der Waals surface area contributed by atoms with Gasteiger partial charge in [-0.05, 0) is 78.6 Å². The Morgan fingerprint density at radius 2 is 1.93 bits per heavy atom. The summed E-state index contributed by atoms with van der Waals surface area (Å²) < 4.78 is 0. The zero-order valence-corrected chi connectivity index (χ0v) is 16.3. The average Bonchev–Trinajstić information content (AvgIpc) is 3.10. The van der Waals surface area contributed by atoms with Gasteiger partial charge in [0.1, 0.15) is 5.41 Å². The number of benzene rings is 1. The van der Waals surface area contributed by atoms with Crippen LogP contribution in [0.5, 0.6) is 0 Å². The fourth-order valence-corrected chi connectivity index (χ4v) is 6.72. The highest BCUT2D eigenvalue weighted by atomic mass is 16.1. The van der Waals surface area contributed by atoms with Crippen LogP contribution in [-0.4, -0.2) is 5.78 Å². The second-order valence-electron chi connectivity index (χ2n) is 9.43. The highest BCUT2D eigenvalue weighted by molar-refractivity contribution is 6.04. The van der Waals surface area contributed by atoms with Gasteiger partial charge in [0, 0.05) is 6.42 Å². The Morgan fingerprint density at radius 3 is 2.70 bits per heavy atom. The molecule has 0 spiro atoms. The Morgan fingerprint density at radius 1 is 1.11 bits per heavy atom. The van der Waals surface area contributed by atoms with E-state index < -0.39 is 5.41 Å². The van der Waals surface area contributed by atoms with Crippen molar-refractivity contribution in [2.75, 3.05) is 0 Å². The average molecular weight is 357 g/mol. The molecule has 138 valence electrons. The molecule has 27 heavy (non-hydrogen) atoms. The van der Waals surface area contributed by atoms with E-state index in [9.17, 15) is 4.79 Å². The number of hydrogen-bond acceptors (Lipinski definition) is 1. The Labute approximate surface area is 162 Å². The fraction of sp³-hybridized carbons (Fsp3) is 0.500. The first-order chi connectivity index (χ1) is 13.1. The number of terminal acetylenes is 1. The molecule has 1 nitrogen and oxygen atoms in total. The van der Waals surface area contributed by atoms with Crippen LogP contribution in [-0.2, 0) is 10.2 Å². The summed E-state index contributed by atoms with van der Waals surface area (Å²) in [5, 5.41) is 0. The number of carbonyl (C=O) groups excluding carboxylic acids is 1. The minimum Gasteiger partial charge on any atom is -0.293 e. The van der Waals surface area contributed by atoms with Gasteiger partial charge in [-0.1, -0.05) is 55.2 Å². The van der Waals surface area contributed by atoms with E-state index in [1.165, 1.54) is 49.7 Å². The van der Waals surface area contributed by atoms with Crippen LogP contribution < -0.4 is 0 Å². The first kappa shape index (κ1) is 17.1. The summed E-state index contributed by atoms with van der Waals surface area (Å²) in [6.45, 7) is 2.53. The molecule has 0 N–H and O–H groups in total. The molecule has 1 unspecified atom stereocenters. The van der Waals surface area contributed by atoms with Crippen LogP contribution in [0.15, 0.2) is 53.1 Å². The van der Waals surface area contributed by atoms with Gasteiger partial charge >= 0.3 is 0 Å². The van der Waals surface area contributed by atoms with Crippen molar-refractivity contribution in [3.05, 3.63) is 58.7 Å². The van der Waals surface area contributed by atoms with E-state index in [0.29, 0.717) is 11.8 Å². The van der Waals surface area contributed by atoms with Gasteiger partial charge in [0.2, 0.25) is 0 Å². The predicted octanol–water partition coefficient (Wildman–Crippen LogP) is 5.76. The molecule has 0 radical (unpaired) electrons. The van der Waals surface area contributed by atoms with Crippen LogP contribution in [0.25, 0.3) is 0 Å². The van der Waals surface area contributed by atoms with Crippen LogP contribution in [0.1, 0.15) is 63.9 Å². The van der Waals surface area contributed by atoms with Crippen LogP contribution in [0.4, 0.5) is 0 Å². The maximum atomic E-state index is 13.2. The highest BCUT2D eigenvalue weighted by Gasteiger charge is 2.50. The van der Waals surface area contributed by atoms with Crippen molar-refractivity contribution in [3.63, 3.8) is 0 Å². The molecule has 0 saturated heterocycles. The molecule has 4 aliphatic carbocycles. The molecular weight excluding hydrogens is 328 g/mol. The number of hydrogen-bond donors (Lipinski definition) is 0. The maximum absolute atomic E-state index is 13.2. The second kappa shape index (κ2) is 5.96. The zero-order chi connectivity index (χ0) is 18.6. The van der Waals surface area contributed by atoms with Crippen LogP contribution >= 0.6 is 0 Å². The van der Waals surface area contributed by atoms with Crippen molar-refractivity contribution in [2.45, 2.75) is 63.7 Å². The van der Waals surface area contributed by atoms with Gasteiger partial charge in [0.15, 0.2) is 5.78 Å². The van der Waals surface area contributed by atoms with Crippen molar-refractivity contribution in [1.29, 1.82) is 0 Å². The number of rotatable bonds is 1. The van der Waals surface area contributed by atoms with Gasteiger partial charge in [-0.3, -0.25) is 4.79 Å². The monoisotopic (exact) mass is 356 g/mol. The molecule has 0 bridgehead atoms. The van der Waals surface area contributed by atoms with Crippen molar-refractivity contribution in [2.24, 2.45) is 17.3 Å². The topological polar surface area (TPSA) is 17.1 Å². The first-order valence-electron chi connectivity index (χ1n) is 10.6. The molecule has 4 atom stereocenters. The van der Waals surface area contributed by atoms with E-state index in [1.807, 2.05) is 36.4 Å². The Bertz CT molecular complexity index is 896. The molecule has 1 aromatic carbocycles. The van der Waals surface area contributed by atoms with E-state index >= 15 is 0 Å². The van der Waals surface area contributed by atoms with Crippen molar-refractivity contribution in [1.82, 2.24) is 0 Å². The van der Waals surface area contributed by atoms with E-state index in [1.54, 1.807) is 5.57 Å². The van der Waals surface area contributed by atoms with Gasteiger partial charge in [0.25, 0.3) is 0 Å². The maximum Gasteiger partial charge on any atom is 0.178 e. The summed E-state index contributed by atoms with van der Waals surface area (Å²) >= 11 is 0. The van der Waals surface area contributed by atoms with Crippen LogP contribution in [0, 0.1) is 29.6 Å². The lowest BCUT2D eigenvalue weighted by molar-refractivity contribution is -0.118. The molecule has 1 aromatic rings. The molecule has 1 heteroatoms. The van der Waals surface area contributed by atoms with Crippen molar-refractivity contribution < 1.29 is 4.79 Å². The lowest BCUT2D eigenvalue weighted by Gasteiger charge is -2.48. The largest absolute Gasteiger partial charge is 0.293 e. The minimum absolute atomic E-state index is 0.107. The second-order valence-corrected chi connectivity index (χ2v) is 9.43. The molecule has 2 fully saturated rings. The zero-order valence-electron chi connectivity index (χ0n) is 16.3. The van der Waals surface area contributed by atoms with Crippen molar-refractivity contribution >= 4 is 5.78 Å². The fourth-order valence-electron chi connectivity index (χ4n) is 6.72. The summed E-state index contributed by atoms with van der Waals surface area (Å²) in [5.41, 5.74) is 5.09. The highest BCUT2D eigenvalue weighted by Crippen LogP contribution is 2.60. The summed E-state index contributed by atoms with van der Waals surface area (Å²) in [7, 11) is 0. The summed E-state index contributed by atoms with van der Waals surface area (Å²) in [6.07, 6.45) is 17.6.